The summed E-state index contributed by atoms with van der Waals surface area (Å²) in [4.78, 5) is 10.8. The first-order chi connectivity index (χ1) is 10.0. The van der Waals surface area contributed by atoms with Gasteiger partial charge in [-0.25, -0.2) is 9.07 Å². The molecule has 0 aliphatic heterocycles. The lowest BCUT2D eigenvalue weighted by Gasteiger charge is -2.07. The number of hydrogen-bond donors (Lipinski definition) is 0. The lowest BCUT2D eigenvalue weighted by atomic mass is 10.1. The van der Waals surface area contributed by atoms with Gasteiger partial charge < -0.3 is 0 Å². The van der Waals surface area contributed by atoms with Crippen LogP contribution in [0.4, 0.5) is 10.1 Å². The molecule has 0 radical (unpaired) electrons. The van der Waals surface area contributed by atoms with Crippen molar-refractivity contribution in [2.45, 2.75) is 26.7 Å². The Morgan fingerprint density at radius 2 is 2.14 bits per heavy atom. The third-order valence-electron chi connectivity index (χ3n) is 3.21. The maximum absolute atomic E-state index is 13.7. The van der Waals surface area contributed by atoms with Gasteiger partial charge >= 0.3 is 5.69 Å². The molecule has 0 fully saturated rings. The highest BCUT2D eigenvalue weighted by molar-refractivity contribution is 5.53. The van der Waals surface area contributed by atoms with Crippen molar-refractivity contribution in [1.29, 1.82) is 5.26 Å². The number of hydrogen-bond acceptors (Lipinski definition) is 4. The molecule has 0 saturated carbocycles. The number of halogens is 1. The molecule has 0 spiro atoms. The van der Waals surface area contributed by atoms with Crippen molar-refractivity contribution in [3.8, 4) is 11.8 Å². The van der Waals surface area contributed by atoms with E-state index in [0.29, 0.717) is 24.2 Å². The van der Waals surface area contributed by atoms with Crippen molar-refractivity contribution in [1.82, 2.24) is 9.78 Å². The SMILES string of the molecule is CCc1nn(-c2cccc(F)c2C#N)c(CC)c1[N+](=O)[O-]. The molecule has 0 bridgehead atoms. The van der Waals surface area contributed by atoms with Crippen LogP contribution in [0.3, 0.4) is 0 Å². The van der Waals surface area contributed by atoms with Gasteiger partial charge in [0.2, 0.25) is 0 Å². The molecule has 0 aliphatic carbocycles. The minimum atomic E-state index is -0.673. The first-order valence-electron chi connectivity index (χ1n) is 6.49. The molecule has 0 atom stereocenters. The van der Waals surface area contributed by atoms with Crippen molar-refractivity contribution < 1.29 is 9.31 Å². The van der Waals surface area contributed by atoms with Crippen molar-refractivity contribution in [2.24, 2.45) is 0 Å². The molecule has 0 unspecified atom stereocenters. The Bertz CT molecular complexity index is 746. The minimum absolute atomic E-state index is 0.0619. The maximum atomic E-state index is 13.7. The number of nitriles is 1. The Hall–Kier alpha value is -2.75. The topological polar surface area (TPSA) is 84.8 Å². The van der Waals surface area contributed by atoms with Gasteiger partial charge in [0.25, 0.3) is 0 Å². The summed E-state index contributed by atoms with van der Waals surface area (Å²) in [7, 11) is 0. The molecule has 1 aromatic carbocycles. The van der Waals surface area contributed by atoms with Crippen molar-refractivity contribution >= 4 is 5.69 Å². The minimum Gasteiger partial charge on any atom is -0.258 e. The van der Waals surface area contributed by atoms with E-state index in [-0.39, 0.29) is 16.9 Å². The van der Waals surface area contributed by atoms with Crippen LogP contribution in [0, 0.1) is 27.3 Å². The van der Waals surface area contributed by atoms with Crippen LogP contribution in [-0.4, -0.2) is 14.7 Å². The molecule has 6 nitrogen and oxygen atoms in total. The molecule has 2 aromatic rings. The predicted molar refractivity (Wildman–Crippen MR) is 73.6 cm³/mol. The van der Waals surface area contributed by atoms with E-state index in [1.807, 2.05) is 0 Å². The zero-order valence-corrected chi connectivity index (χ0v) is 11.6. The molecular formula is C14H13FN4O2. The normalized spacial score (nSPS) is 10.4. The van der Waals surface area contributed by atoms with E-state index >= 15 is 0 Å². The maximum Gasteiger partial charge on any atom is 0.313 e. The zero-order chi connectivity index (χ0) is 15.6. The van der Waals surface area contributed by atoms with Crippen LogP contribution >= 0.6 is 0 Å². The molecule has 1 aromatic heterocycles. The molecule has 21 heavy (non-hydrogen) atoms. The monoisotopic (exact) mass is 288 g/mol. The fraction of sp³-hybridized carbons (Fsp3) is 0.286. The highest BCUT2D eigenvalue weighted by Crippen LogP contribution is 2.28. The van der Waals surface area contributed by atoms with Gasteiger partial charge in [0.05, 0.1) is 10.6 Å². The summed E-state index contributed by atoms with van der Waals surface area (Å²) in [5.74, 6) is -0.673. The first-order valence-corrected chi connectivity index (χ1v) is 6.49. The predicted octanol–water partition coefficient (Wildman–Crippen LogP) is 2.92. The quantitative estimate of drug-likeness (QED) is 0.639. The molecular weight excluding hydrogens is 275 g/mol. The van der Waals surface area contributed by atoms with Gasteiger partial charge in [-0.05, 0) is 25.0 Å². The molecule has 0 N–H and O–H groups in total. The third kappa shape index (κ3) is 2.36. The molecule has 1 heterocycles. The number of nitro groups is 1. The summed E-state index contributed by atoms with van der Waals surface area (Å²) < 4.78 is 15.0. The van der Waals surface area contributed by atoms with Crippen LogP contribution in [0.5, 0.6) is 0 Å². The summed E-state index contributed by atoms with van der Waals surface area (Å²) >= 11 is 0. The van der Waals surface area contributed by atoms with Crippen LogP contribution in [0.2, 0.25) is 0 Å². The Morgan fingerprint density at radius 1 is 1.43 bits per heavy atom. The van der Waals surface area contributed by atoms with Crippen LogP contribution in [-0.2, 0) is 12.8 Å². The fourth-order valence-corrected chi connectivity index (χ4v) is 2.26. The number of aromatic nitrogens is 2. The second-order valence-electron chi connectivity index (χ2n) is 4.36. The van der Waals surface area contributed by atoms with E-state index in [2.05, 4.69) is 5.10 Å². The molecule has 108 valence electrons. The van der Waals surface area contributed by atoms with Crippen LogP contribution < -0.4 is 0 Å². The van der Waals surface area contributed by atoms with E-state index in [1.165, 1.54) is 22.9 Å². The Labute approximate surface area is 120 Å². The Morgan fingerprint density at radius 3 is 2.67 bits per heavy atom. The first kappa shape index (κ1) is 14.7. The number of aryl methyl sites for hydroxylation is 1. The Kier molecular flexibility index (Phi) is 3.98. The average molecular weight is 288 g/mol. The zero-order valence-electron chi connectivity index (χ0n) is 11.6. The highest BCUT2D eigenvalue weighted by Gasteiger charge is 2.27. The van der Waals surface area contributed by atoms with Gasteiger partial charge in [0, 0.05) is 0 Å². The van der Waals surface area contributed by atoms with Gasteiger partial charge in [0.1, 0.15) is 28.8 Å². The fourth-order valence-electron chi connectivity index (χ4n) is 2.26. The number of nitrogens with zero attached hydrogens (tertiary/aromatic N) is 4. The Balaban J connectivity index is 2.80. The lowest BCUT2D eigenvalue weighted by molar-refractivity contribution is -0.386. The van der Waals surface area contributed by atoms with Crippen LogP contribution in [0.25, 0.3) is 5.69 Å². The van der Waals surface area contributed by atoms with Gasteiger partial charge in [-0.1, -0.05) is 19.9 Å². The summed E-state index contributed by atoms with van der Waals surface area (Å²) in [5, 5.41) is 24.5. The van der Waals surface area contributed by atoms with Gasteiger partial charge in [-0.3, -0.25) is 10.1 Å². The lowest BCUT2D eigenvalue weighted by Crippen LogP contribution is -2.06. The van der Waals surface area contributed by atoms with E-state index in [9.17, 15) is 14.5 Å². The van der Waals surface area contributed by atoms with Crippen molar-refractivity contribution in [2.75, 3.05) is 0 Å². The number of rotatable bonds is 4. The van der Waals surface area contributed by atoms with E-state index < -0.39 is 10.7 Å². The van der Waals surface area contributed by atoms with Crippen molar-refractivity contribution in [3.63, 3.8) is 0 Å². The standard InChI is InChI=1S/C14H13FN4O2/c1-3-11-14(19(20)21)12(4-2)18(17-11)13-7-5-6-10(15)9(13)8-16/h5-7H,3-4H2,1-2H3. The van der Waals surface area contributed by atoms with E-state index in [1.54, 1.807) is 19.9 Å². The molecule has 0 saturated heterocycles. The van der Waals surface area contributed by atoms with Gasteiger partial charge in [0.15, 0.2) is 0 Å². The largest absolute Gasteiger partial charge is 0.313 e. The van der Waals surface area contributed by atoms with Crippen LogP contribution in [0.15, 0.2) is 18.2 Å². The second kappa shape index (κ2) is 5.71. The summed E-state index contributed by atoms with van der Waals surface area (Å²) in [5.41, 5.74) is 0.668. The molecule has 0 aliphatic rings. The third-order valence-corrected chi connectivity index (χ3v) is 3.21. The molecule has 2 rings (SSSR count). The van der Waals surface area contributed by atoms with E-state index in [0.717, 1.165) is 0 Å². The van der Waals surface area contributed by atoms with Gasteiger partial charge in [-0.2, -0.15) is 10.4 Å². The van der Waals surface area contributed by atoms with Gasteiger partial charge in [-0.15, -0.1) is 0 Å². The average Bonchev–Trinajstić information content (AvgIpc) is 2.85. The molecule has 7 heteroatoms. The summed E-state index contributed by atoms with van der Waals surface area (Å²) in [6, 6.07) is 5.93. The summed E-state index contributed by atoms with van der Waals surface area (Å²) in [6.45, 7) is 3.52. The highest BCUT2D eigenvalue weighted by atomic mass is 19.1. The van der Waals surface area contributed by atoms with E-state index in [4.69, 9.17) is 5.26 Å². The smallest absolute Gasteiger partial charge is 0.258 e. The van der Waals surface area contributed by atoms with Crippen LogP contribution in [0.1, 0.15) is 30.8 Å². The van der Waals surface area contributed by atoms with Crippen molar-refractivity contribution in [3.05, 3.63) is 51.1 Å². The summed E-state index contributed by atoms with van der Waals surface area (Å²) in [6.07, 6.45) is 0.734. The number of benzene rings is 1. The second-order valence-corrected chi connectivity index (χ2v) is 4.36. The molecule has 0 amide bonds.